The summed E-state index contributed by atoms with van der Waals surface area (Å²) in [7, 11) is 0. The number of aliphatic hydroxyl groups excluding tert-OH is 8. The average molecular weight is 581 g/mol. The average Bonchev–Trinajstić information content (AvgIpc) is 2.87. The fourth-order valence-corrected chi connectivity index (χ4v) is 6.52. The van der Waals surface area contributed by atoms with E-state index in [1.54, 1.807) is 0 Å². The van der Waals surface area contributed by atoms with Crippen LogP contribution in [0, 0.1) is 0 Å². The van der Waals surface area contributed by atoms with Gasteiger partial charge in [0, 0.05) is 0 Å². The number of hydrogen-bond donors (Lipinski definition) is 8. The van der Waals surface area contributed by atoms with E-state index in [4.69, 9.17) is 13.3 Å². The maximum absolute atomic E-state index is 10.3. The second-order valence-electron chi connectivity index (χ2n) is 9.44. The second kappa shape index (κ2) is 21.0. The Morgan fingerprint density at radius 2 is 0.568 bits per heavy atom. The van der Waals surface area contributed by atoms with Crippen LogP contribution < -0.4 is 0 Å². The Morgan fingerprint density at radius 1 is 0.378 bits per heavy atom. The molecular weight excluding hydrogens is 528 g/mol. The molecule has 0 rings (SSSR count). The molecule has 0 aliphatic heterocycles. The van der Waals surface area contributed by atoms with Crippen LogP contribution in [0.5, 0.6) is 0 Å². The van der Waals surface area contributed by atoms with Gasteiger partial charge in [0.15, 0.2) is 0 Å². The number of aliphatic hydroxyl groups is 8. The van der Waals surface area contributed by atoms with Crippen molar-refractivity contribution < 1.29 is 72.3 Å². The topological polar surface area (TPSA) is 199 Å². The summed E-state index contributed by atoms with van der Waals surface area (Å²) in [6.07, 6.45) is -6.07. The van der Waals surface area contributed by atoms with E-state index < -0.39 is 93.4 Å². The molecule has 0 heterocycles. The van der Waals surface area contributed by atoms with Crippen molar-refractivity contribution in [3.63, 3.8) is 0 Å². The van der Waals surface area contributed by atoms with Crippen molar-refractivity contribution in [1.82, 2.24) is 0 Å². The summed E-state index contributed by atoms with van der Waals surface area (Å²) in [5, 5.41) is 81.8. The van der Waals surface area contributed by atoms with Gasteiger partial charge in [-0.05, 0) is 0 Å². The molecule has 37 heavy (non-hydrogen) atoms. The monoisotopic (exact) mass is 580 g/mol. The van der Waals surface area contributed by atoms with Crippen LogP contribution in [0.4, 0.5) is 0 Å². The molecule has 0 radical (unpaired) electrons. The van der Waals surface area contributed by atoms with E-state index in [9.17, 15) is 40.9 Å². The molecule has 0 bridgehead atoms. The van der Waals surface area contributed by atoms with Crippen LogP contribution in [0.3, 0.4) is 0 Å². The summed E-state index contributed by atoms with van der Waals surface area (Å²) in [4.78, 5) is 0. The Labute approximate surface area is 226 Å². The summed E-state index contributed by atoms with van der Waals surface area (Å²) in [5.41, 5.74) is 0. The van der Waals surface area contributed by atoms with Crippen molar-refractivity contribution >= 4 is 0 Å². The fraction of sp³-hybridized carbons (Fsp3) is 1.00. The molecule has 0 aliphatic rings. The van der Waals surface area contributed by atoms with E-state index >= 15 is 0 Å². The first-order chi connectivity index (χ1) is 17.5. The molecule has 0 amide bonds. The Morgan fingerprint density at radius 3 is 0.730 bits per heavy atom. The third kappa shape index (κ3) is 15.6. The first kappa shape index (κ1) is 37.2. The standard InChI is InChI=1S/4C6H13O3.Ti/c4*1-2-3-5(8)6(9)4-7;/h4*5-6,8-9H,2-4H2,1H3;/q4*-1;+4. The molecule has 0 saturated carbocycles. The molecule has 0 aliphatic carbocycles. The van der Waals surface area contributed by atoms with Gasteiger partial charge in [0.05, 0.1) is 0 Å². The molecule has 224 valence electrons. The van der Waals surface area contributed by atoms with Gasteiger partial charge in [-0.15, -0.1) is 0 Å². The van der Waals surface area contributed by atoms with E-state index in [-0.39, 0.29) is 0 Å². The van der Waals surface area contributed by atoms with Gasteiger partial charge in [-0.2, -0.15) is 0 Å². The molecule has 13 heteroatoms. The third-order valence-corrected chi connectivity index (χ3v) is 9.09. The van der Waals surface area contributed by atoms with Crippen molar-refractivity contribution in [1.29, 1.82) is 0 Å². The van der Waals surface area contributed by atoms with Gasteiger partial charge in [0.25, 0.3) is 0 Å². The second-order valence-corrected chi connectivity index (χ2v) is 12.8. The van der Waals surface area contributed by atoms with Crippen molar-refractivity contribution in [2.45, 2.75) is 128 Å². The minimum atomic E-state index is -5.06. The first-order valence-corrected chi connectivity index (χ1v) is 16.0. The molecule has 8 atom stereocenters. The molecule has 8 unspecified atom stereocenters. The molecule has 0 aromatic rings. The fourth-order valence-electron chi connectivity index (χ4n) is 3.40. The van der Waals surface area contributed by atoms with E-state index in [0.717, 1.165) is 0 Å². The molecule has 0 saturated heterocycles. The van der Waals surface area contributed by atoms with Gasteiger partial charge in [-0.25, -0.2) is 0 Å². The SMILES string of the molecule is CCCC(O)C(O)C[O][Ti]([O]CC(O)C(O)CCC)([O]CC(O)C(O)CCC)[O]CC(O)C(O)CCC. The van der Waals surface area contributed by atoms with Gasteiger partial charge >= 0.3 is 227 Å². The Hall–Kier alpha value is 0.234. The Bertz CT molecular complexity index is 452. The van der Waals surface area contributed by atoms with Gasteiger partial charge in [-0.3, -0.25) is 0 Å². The van der Waals surface area contributed by atoms with Crippen molar-refractivity contribution in [2.24, 2.45) is 0 Å². The van der Waals surface area contributed by atoms with Crippen molar-refractivity contribution in [2.75, 3.05) is 26.4 Å². The third-order valence-electron chi connectivity index (χ3n) is 5.84. The molecule has 0 aromatic carbocycles. The zero-order valence-corrected chi connectivity index (χ0v) is 24.4. The normalized spacial score (nSPS) is 20.4. The summed E-state index contributed by atoms with van der Waals surface area (Å²) in [5.74, 6) is 0. The van der Waals surface area contributed by atoms with Crippen molar-refractivity contribution in [3.05, 3.63) is 0 Å². The van der Waals surface area contributed by atoms with Crippen LogP contribution >= 0.6 is 0 Å². The summed E-state index contributed by atoms with van der Waals surface area (Å²) in [6, 6.07) is 0. The Kier molecular flexibility index (Phi) is 21.2. The van der Waals surface area contributed by atoms with E-state index in [1.807, 2.05) is 27.7 Å². The number of rotatable bonds is 24. The predicted octanol–water partition coefficient (Wildman–Crippen LogP) is -0.0457. The van der Waals surface area contributed by atoms with Gasteiger partial charge < -0.3 is 0 Å². The summed E-state index contributed by atoms with van der Waals surface area (Å²) >= 11 is -5.06. The van der Waals surface area contributed by atoms with Gasteiger partial charge in [0.1, 0.15) is 0 Å². The van der Waals surface area contributed by atoms with E-state index in [0.29, 0.717) is 51.4 Å². The molecule has 8 N–H and O–H groups in total. The van der Waals surface area contributed by atoms with Crippen LogP contribution in [0.15, 0.2) is 0 Å². The molecule has 0 fully saturated rings. The first-order valence-electron chi connectivity index (χ1n) is 13.5. The zero-order valence-electron chi connectivity index (χ0n) is 22.8. The van der Waals surface area contributed by atoms with Crippen LogP contribution in [0.25, 0.3) is 0 Å². The van der Waals surface area contributed by atoms with Gasteiger partial charge in [0.2, 0.25) is 0 Å². The summed E-state index contributed by atoms with van der Waals surface area (Å²) in [6.45, 7) is 5.44. The van der Waals surface area contributed by atoms with E-state index in [1.165, 1.54) is 0 Å². The predicted molar refractivity (Wildman–Crippen MR) is 131 cm³/mol. The van der Waals surface area contributed by atoms with Crippen LogP contribution in [0.2, 0.25) is 0 Å². The Balaban J connectivity index is 5.82. The number of hydrogen-bond acceptors (Lipinski definition) is 12. The maximum atomic E-state index is 10.3. The summed E-state index contributed by atoms with van der Waals surface area (Å²) < 4.78 is 23.0. The zero-order chi connectivity index (χ0) is 28.4. The molecular formula is C24H52O12Ti. The van der Waals surface area contributed by atoms with Crippen molar-refractivity contribution in [3.8, 4) is 0 Å². The minimum absolute atomic E-state index is 0.304. The van der Waals surface area contributed by atoms with Crippen LogP contribution in [0.1, 0.15) is 79.1 Å². The molecule has 12 nitrogen and oxygen atoms in total. The molecule has 0 aromatic heterocycles. The quantitative estimate of drug-likeness (QED) is 0.0710. The van der Waals surface area contributed by atoms with Crippen LogP contribution in [-0.2, 0) is 31.4 Å². The van der Waals surface area contributed by atoms with Gasteiger partial charge in [-0.1, -0.05) is 0 Å². The van der Waals surface area contributed by atoms with E-state index in [2.05, 4.69) is 0 Å². The van der Waals surface area contributed by atoms with Crippen LogP contribution in [-0.4, -0.2) is 116 Å². The molecule has 0 spiro atoms.